The standard InChI is InChI=1S/C16H22FNO4/c1-15(2,3)22-14(20)18(5)16(4,10-19)11-7-8-13(21-6)12(17)9-11/h7-10H,1-6H3. The number of rotatable bonds is 4. The van der Waals surface area contributed by atoms with Gasteiger partial charge in [-0.3, -0.25) is 4.90 Å². The van der Waals surface area contributed by atoms with E-state index in [1.54, 1.807) is 20.8 Å². The lowest BCUT2D eigenvalue weighted by Crippen LogP contribution is -2.48. The third kappa shape index (κ3) is 3.75. The van der Waals surface area contributed by atoms with Crippen molar-refractivity contribution in [3.05, 3.63) is 29.6 Å². The fourth-order valence-corrected chi connectivity index (χ4v) is 1.84. The second-order valence-corrected chi connectivity index (χ2v) is 6.15. The maximum Gasteiger partial charge on any atom is 0.411 e. The second kappa shape index (κ2) is 6.34. The minimum atomic E-state index is -1.35. The van der Waals surface area contributed by atoms with E-state index < -0.39 is 23.1 Å². The molecular weight excluding hydrogens is 289 g/mol. The molecule has 1 unspecified atom stereocenters. The molecule has 0 saturated carbocycles. The first kappa shape index (κ1) is 17.9. The molecule has 1 rings (SSSR count). The topological polar surface area (TPSA) is 55.8 Å². The van der Waals surface area contributed by atoms with Gasteiger partial charge in [-0.25, -0.2) is 9.18 Å². The third-order valence-electron chi connectivity index (χ3n) is 3.33. The average Bonchev–Trinajstić information content (AvgIpc) is 2.43. The van der Waals surface area contributed by atoms with Crippen LogP contribution in [-0.4, -0.2) is 37.0 Å². The van der Waals surface area contributed by atoms with Crippen molar-refractivity contribution in [3.8, 4) is 5.75 Å². The summed E-state index contributed by atoms with van der Waals surface area (Å²) in [6, 6.07) is 4.13. The highest BCUT2D eigenvalue weighted by molar-refractivity contribution is 5.78. The molecule has 0 aliphatic heterocycles. The summed E-state index contributed by atoms with van der Waals surface area (Å²) in [4.78, 5) is 24.9. The molecule has 0 N–H and O–H groups in total. The lowest BCUT2D eigenvalue weighted by atomic mass is 9.92. The van der Waals surface area contributed by atoms with Crippen LogP contribution in [0.2, 0.25) is 0 Å². The molecule has 1 atom stereocenters. The number of carbonyl (C=O) groups is 2. The van der Waals surface area contributed by atoms with Crippen molar-refractivity contribution in [2.45, 2.75) is 38.8 Å². The Balaban J connectivity index is 3.17. The number of benzene rings is 1. The normalized spacial score (nSPS) is 14.0. The summed E-state index contributed by atoms with van der Waals surface area (Å²) in [5, 5.41) is 0. The Hall–Kier alpha value is -2.11. The van der Waals surface area contributed by atoms with Crippen LogP contribution in [0.15, 0.2) is 18.2 Å². The molecule has 22 heavy (non-hydrogen) atoms. The van der Waals surface area contributed by atoms with E-state index in [0.717, 1.165) is 4.90 Å². The summed E-state index contributed by atoms with van der Waals surface area (Å²) in [7, 11) is 2.79. The molecule has 0 heterocycles. The molecule has 1 aromatic carbocycles. The molecule has 1 aromatic rings. The molecular formula is C16H22FNO4. The minimum absolute atomic E-state index is 0.0666. The molecule has 6 heteroatoms. The fraction of sp³-hybridized carbons (Fsp3) is 0.500. The largest absolute Gasteiger partial charge is 0.494 e. The van der Waals surface area contributed by atoms with Gasteiger partial charge in [0.2, 0.25) is 0 Å². The van der Waals surface area contributed by atoms with Gasteiger partial charge in [0, 0.05) is 7.05 Å². The predicted octanol–water partition coefficient (Wildman–Crippen LogP) is 3.12. The van der Waals surface area contributed by atoms with E-state index in [2.05, 4.69) is 0 Å². The molecule has 0 aromatic heterocycles. The fourth-order valence-electron chi connectivity index (χ4n) is 1.84. The summed E-state index contributed by atoms with van der Waals surface area (Å²) in [6.45, 7) is 6.70. The molecule has 1 amide bonds. The molecule has 0 saturated heterocycles. The van der Waals surface area contributed by atoms with Gasteiger partial charge in [-0.1, -0.05) is 6.07 Å². The van der Waals surface area contributed by atoms with Crippen molar-refractivity contribution in [2.75, 3.05) is 14.2 Å². The quantitative estimate of drug-likeness (QED) is 0.802. The van der Waals surface area contributed by atoms with Gasteiger partial charge in [-0.15, -0.1) is 0 Å². The van der Waals surface area contributed by atoms with Crippen molar-refractivity contribution in [3.63, 3.8) is 0 Å². The number of hydrogen-bond acceptors (Lipinski definition) is 4. The van der Waals surface area contributed by atoms with E-state index in [4.69, 9.17) is 9.47 Å². The van der Waals surface area contributed by atoms with Crippen LogP contribution in [0.4, 0.5) is 9.18 Å². The van der Waals surface area contributed by atoms with Gasteiger partial charge >= 0.3 is 6.09 Å². The Labute approximate surface area is 130 Å². The van der Waals surface area contributed by atoms with Crippen molar-refractivity contribution >= 4 is 12.4 Å². The van der Waals surface area contributed by atoms with Crippen molar-refractivity contribution < 1.29 is 23.5 Å². The highest BCUT2D eigenvalue weighted by Crippen LogP contribution is 2.30. The maximum absolute atomic E-state index is 13.9. The van der Waals surface area contributed by atoms with E-state index in [1.165, 1.54) is 39.3 Å². The lowest BCUT2D eigenvalue weighted by molar-refractivity contribution is -0.117. The number of likely N-dealkylation sites (N-methyl/N-ethyl adjacent to an activating group) is 1. The van der Waals surface area contributed by atoms with Gasteiger partial charge in [-0.2, -0.15) is 0 Å². The predicted molar refractivity (Wildman–Crippen MR) is 80.4 cm³/mol. The Kier molecular flexibility index (Phi) is 5.17. The highest BCUT2D eigenvalue weighted by atomic mass is 19.1. The van der Waals surface area contributed by atoms with Crippen LogP contribution < -0.4 is 4.74 Å². The van der Waals surface area contributed by atoms with Gasteiger partial charge in [0.1, 0.15) is 17.4 Å². The van der Waals surface area contributed by atoms with Crippen molar-refractivity contribution in [1.29, 1.82) is 0 Å². The SMILES string of the molecule is COc1ccc(C(C)(C=O)N(C)C(=O)OC(C)(C)C)cc1F. The minimum Gasteiger partial charge on any atom is -0.494 e. The Morgan fingerprint density at radius 3 is 2.27 bits per heavy atom. The van der Waals surface area contributed by atoms with Gasteiger partial charge in [0.15, 0.2) is 11.6 Å². The summed E-state index contributed by atoms with van der Waals surface area (Å²) in [5.74, 6) is -0.539. The molecule has 0 aliphatic carbocycles. The van der Waals surface area contributed by atoms with E-state index in [1.807, 2.05) is 0 Å². The Morgan fingerprint density at radius 1 is 1.27 bits per heavy atom. The number of nitrogens with zero attached hydrogens (tertiary/aromatic N) is 1. The molecule has 5 nitrogen and oxygen atoms in total. The number of aldehydes is 1. The molecule has 0 bridgehead atoms. The summed E-state index contributed by atoms with van der Waals surface area (Å²) in [5.41, 5.74) is -1.72. The molecule has 0 fully saturated rings. The van der Waals surface area contributed by atoms with Crippen LogP contribution in [0.3, 0.4) is 0 Å². The number of methoxy groups -OCH3 is 1. The first-order chi connectivity index (χ1) is 10.0. The number of ether oxygens (including phenoxy) is 2. The van der Waals surface area contributed by atoms with Crippen LogP contribution in [0.5, 0.6) is 5.75 Å². The van der Waals surface area contributed by atoms with E-state index >= 15 is 0 Å². The molecule has 122 valence electrons. The van der Waals surface area contributed by atoms with E-state index in [0.29, 0.717) is 11.8 Å². The molecule has 0 radical (unpaired) electrons. The van der Waals surface area contributed by atoms with Crippen molar-refractivity contribution in [1.82, 2.24) is 4.90 Å². The van der Waals surface area contributed by atoms with Gasteiger partial charge in [0.25, 0.3) is 0 Å². The first-order valence-corrected chi connectivity index (χ1v) is 6.82. The number of halogens is 1. The van der Waals surface area contributed by atoms with Gasteiger partial charge in [-0.05, 0) is 45.4 Å². The highest BCUT2D eigenvalue weighted by Gasteiger charge is 2.37. The molecule has 0 spiro atoms. The van der Waals surface area contributed by atoms with Crippen molar-refractivity contribution in [2.24, 2.45) is 0 Å². The van der Waals surface area contributed by atoms with Gasteiger partial charge < -0.3 is 14.3 Å². The second-order valence-electron chi connectivity index (χ2n) is 6.15. The van der Waals surface area contributed by atoms with E-state index in [-0.39, 0.29) is 5.75 Å². The lowest BCUT2D eigenvalue weighted by Gasteiger charge is -2.35. The zero-order valence-electron chi connectivity index (χ0n) is 13.8. The monoisotopic (exact) mass is 311 g/mol. The maximum atomic E-state index is 13.9. The number of hydrogen-bond donors (Lipinski definition) is 0. The third-order valence-corrected chi connectivity index (χ3v) is 3.33. The van der Waals surface area contributed by atoms with Crippen LogP contribution in [-0.2, 0) is 15.1 Å². The summed E-state index contributed by atoms with van der Waals surface area (Å²) in [6.07, 6.45) is -0.0867. The first-order valence-electron chi connectivity index (χ1n) is 6.82. The average molecular weight is 311 g/mol. The smallest absolute Gasteiger partial charge is 0.411 e. The van der Waals surface area contributed by atoms with E-state index in [9.17, 15) is 14.0 Å². The zero-order valence-corrected chi connectivity index (χ0v) is 13.8. The zero-order chi connectivity index (χ0) is 17.1. The van der Waals surface area contributed by atoms with Crippen LogP contribution in [0.1, 0.15) is 33.3 Å². The van der Waals surface area contributed by atoms with Gasteiger partial charge in [0.05, 0.1) is 7.11 Å². The number of carbonyl (C=O) groups excluding carboxylic acids is 2. The summed E-state index contributed by atoms with van der Waals surface area (Å²) >= 11 is 0. The van der Waals surface area contributed by atoms with Crippen LogP contribution in [0.25, 0.3) is 0 Å². The molecule has 0 aliphatic rings. The van der Waals surface area contributed by atoms with Crippen LogP contribution in [0, 0.1) is 5.82 Å². The number of amides is 1. The summed E-state index contributed by atoms with van der Waals surface area (Å²) < 4.78 is 24.0. The Morgan fingerprint density at radius 2 is 1.86 bits per heavy atom. The van der Waals surface area contributed by atoms with Crippen LogP contribution >= 0.6 is 0 Å². The Bertz CT molecular complexity index is 568.